The van der Waals surface area contributed by atoms with Crippen LogP contribution in [-0.4, -0.2) is 42.9 Å². The Hall–Kier alpha value is -0.900. The van der Waals surface area contributed by atoms with Gasteiger partial charge in [0.2, 0.25) is 5.91 Å². The van der Waals surface area contributed by atoms with Crippen molar-refractivity contribution in [2.24, 2.45) is 17.3 Å². The lowest BCUT2D eigenvalue weighted by Crippen LogP contribution is -2.52. The van der Waals surface area contributed by atoms with Gasteiger partial charge in [0, 0.05) is 26.0 Å². The second-order valence-corrected chi connectivity index (χ2v) is 6.84. The Balaban J connectivity index is 2.16. The number of rotatable bonds is 3. The van der Waals surface area contributed by atoms with Crippen LogP contribution in [-0.2, 0) is 14.3 Å². The van der Waals surface area contributed by atoms with Crippen molar-refractivity contribution in [1.82, 2.24) is 4.90 Å². The highest BCUT2D eigenvalue weighted by Gasteiger charge is 2.48. The summed E-state index contributed by atoms with van der Waals surface area (Å²) in [4.78, 5) is 26.9. The molecule has 4 heteroatoms. The maximum Gasteiger partial charge on any atom is 0.229 e. The number of ether oxygens (including phenoxy) is 1. The van der Waals surface area contributed by atoms with E-state index in [0.29, 0.717) is 25.2 Å². The number of ketones is 1. The van der Waals surface area contributed by atoms with Gasteiger partial charge < -0.3 is 9.64 Å². The third-order valence-corrected chi connectivity index (χ3v) is 5.36. The molecule has 2 rings (SSSR count). The van der Waals surface area contributed by atoms with Crippen LogP contribution in [0.3, 0.4) is 0 Å². The van der Waals surface area contributed by atoms with Crippen LogP contribution >= 0.6 is 0 Å². The molecule has 0 aromatic heterocycles. The van der Waals surface area contributed by atoms with E-state index in [2.05, 4.69) is 0 Å². The molecule has 0 aromatic rings. The van der Waals surface area contributed by atoms with Crippen molar-refractivity contribution < 1.29 is 14.3 Å². The van der Waals surface area contributed by atoms with Crippen molar-refractivity contribution in [3.63, 3.8) is 0 Å². The van der Waals surface area contributed by atoms with Crippen molar-refractivity contribution in [2.45, 2.75) is 52.5 Å². The summed E-state index contributed by atoms with van der Waals surface area (Å²) in [6, 6.07) is 0.212. The lowest BCUT2D eigenvalue weighted by atomic mass is 9.63. The molecule has 1 saturated heterocycles. The van der Waals surface area contributed by atoms with Crippen LogP contribution in [0.2, 0.25) is 0 Å². The highest BCUT2D eigenvalue weighted by molar-refractivity contribution is 5.89. The zero-order valence-corrected chi connectivity index (χ0v) is 13.1. The van der Waals surface area contributed by atoms with Crippen LogP contribution < -0.4 is 0 Å². The molecule has 20 heavy (non-hydrogen) atoms. The number of hydrogen-bond donors (Lipinski definition) is 0. The van der Waals surface area contributed by atoms with Gasteiger partial charge in [-0.25, -0.2) is 0 Å². The summed E-state index contributed by atoms with van der Waals surface area (Å²) in [6.07, 6.45) is 3.30. The monoisotopic (exact) mass is 281 g/mol. The standard InChI is InChI=1S/C16H27NO3/c1-11-9-16(3,12(2)8-14(11)18)15(19)17-7-5-6-13(17)10-20-4/h11-13H,5-10H2,1-4H3/t11-,12-,13+,16+/m1/s1. The van der Waals surface area contributed by atoms with Crippen LogP contribution in [0.15, 0.2) is 0 Å². The lowest BCUT2D eigenvalue weighted by Gasteiger charge is -2.43. The number of carbonyl (C=O) groups excluding carboxylic acids is 2. The molecule has 114 valence electrons. The number of methoxy groups -OCH3 is 1. The molecule has 1 saturated carbocycles. The van der Waals surface area contributed by atoms with E-state index in [1.807, 2.05) is 25.7 Å². The first-order chi connectivity index (χ1) is 9.40. The fraction of sp³-hybridized carbons (Fsp3) is 0.875. The number of carbonyl (C=O) groups is 2. The molecule has 1 aliphatic heterocycles. The van der Waals surface area contributed by atoms with E-state index in [1.54, 1.807) is 7.11 Å². The predicted octanol–water partition coefficient (Wildman–Crippen LogP) is 2.27. The highest BCUT2D eigenvalue weighted by Crippen LogP contribution is 2.44. The van der Waals surface area contributed by atoms with Gasteiger partial charge >= 0.3 is 0 Å². The summed E-state index contributed by atoms with van der Waals surface area (Å²) in [6.45, 7) is 7.49. The van der Waals surface area contributed by atoms with Gasteiger partial charge in [0.25, 0.3) is 0 Å². The third-order valence-electron chi connectivity index (χ3n) is 5.36. The maximum atomic E-state index is 13.0. The molecule has 0 radical (unpaired) electrons. The first-order valence-corrected chi connectivity index (χ1v) is 7.73. The van der Waals surface area contributed by atoms with Crippen LogP contribution in [0, 0.1) is 17.3 Å². The summed E-state index contributed by atoms with van der Waals surface area (Å²) in [5.41, 5.74) is -0.399. The summed E-state index contributed by atoms with van der Waals surface area (Å²) in [5.74, 6) is 0.660. The van der Waals surface area contributed by atoms with E-state index in [-0.39, 0.29) is 23.8 Å². The first kappa shape index (κ1) is 15.5. The van der Waals surface area contributed by atoms with Gasteiger partial charge in [-0.2, -0.15) is 0 Å². The Kier molecular flexibility index (Phi) is 4.52. The number of nitrogens with zero attached hydrogens (tertiary/aromatic N) is 1. The van der Waals surface area contributed by atoms with Gasteiger partial charge in [-0.15, -0.1) is 0 Å². The quantitative estimate of drug-likeness (QED) is 0.797. The van der Waals surface area contributed by atoms with Crippen LogP contribution in [0.5, 0.6) is 0 Å². The molecular formula is C16H27NO3. The molecule has 4 nitrogen and oxygen atoms in total. The molecule has 1 amide bonds. The average Bonchev–Trinajstić information content (AvgIpc) is 2.84. The van der Waals surface area contributed by atoms with Crippen LogP contribution in [0.1, 0.15) is 46.5 Å². The minimum absolute atomic E-state index is 0.00336. The van der Waals surface area contributed by atoms with Crippen molar-refractivity contribution >= 4 is 11.7 Å². The Morgan fingerprint density at radius 1 is 1.45 bits per heavy atom. The number of Topliss-reactive ketones (excluding diaryl/α,β-unsaturated/α-hetero) is 1. The van der Waals surface area contributed by atoms with Gasteiger partial charge in [0.15, 0.2) is 0 Å². The van der Waals surface area contributed by atoms with E-state index >= 15 is 0 Å². The average molecular weight is 281 g/mol. The zero-order chi connectivity index (χ0) is 14.9. The molecule has 0 unspecified atom stereocenters. The molecule has 0 aromatic carbocycles. The molecule has 1 heterocycles. The molecule has 0 spiro atoms. The van der Waals surface area contributed by atoms with Gasteiger partial charge in [-0.1, -0.05) is 20.8 Å². The second-order valence-electron chi connectivity index (χ2n) is 6.84. The largest absolute Gasteiger partial charge is 0.383 e. The Morgan fingerprint density at radius 2 is 2.15 bits per heavy atom. The molecule has 1 aliphatic carbocycles. The fourth-order valence-electron chi connectivity index (χ4n) is 3.77. The topological polar surface area (TPSA) is 46.6 Å². The van der Waals surface area contributed by atoms with Gasteiger partial charge in [0.05, 0.1) is 18.1 Å². The highest BCUT2D eigenvalue weighted by atomic mass is 16.5. The van der Waals surface area contributed by atoms with E-state index < -0.39 is 5.41 Å². The predicted molar refractivity (Wildman–Crippen MR) is 77.3 cm³/mol. The summed E-state index contributed by atoms with van der Waals surface area (Å²) < 4.78 is 5.24. The number of hydrogen-bond acceptors (Lipinski definition) is 3. The Bertz CT molecular complexity index is 395. The SMILES string of the molecule is COC[C@@H]1CCCN1C(=O)[C@@]1(C)C[C@@H](C)C(=O)C[C@H]1C. The lowest BCUT2D eigenvalue weighted by molar-refractivity contribution is -0.151. The summed E-state index contributed by atoms with van der Waals surface area (Å²) in [7, 11) is 1.69. The summed E-state index contributed by atoms with van der Waals surface area (Å²) in [5, 5.41) is 0. The van der Waals surface area contributed by atoms with E-state index in [9.17, 15) is 9.59 Å². The van der Waals surface area contributed by atoms with Gasteiger partial charge in [0.1, 0.15) is 5.78 Å². The van der Waals surface area contributed by atoms with Crippen LogP contribution in [0.4, 0.5) is 0 Å². The number of amides is 1. The van der Waals surface area contributed by atoms with Crippen molar-refractivity contribution in [1.29, 1.82) is 0 Å². The molecule has 2 fully saturated rings. The maximum absolute atomic E-state index is 13.0. The number of likely N-dealkylation sites (tertiary alicyclic amines) is 1. The summed E-state index contributed by atoms with van der Waals surface area (Å²) >= 11 is 0. The second kappa shape index (κ2) is 5.84. The smallest absolute Gasteiger partial charge is 0.229 e. The molecule has 0 bridgehead atoms. The third kappa shape index (κ3) is 2.62. The molecular weight excluding hydrogens is 254 g/mol. The van der Waals surface area contributed by atoms with Crippen molar-refractivity contribution in [2.75, 3.05) is 20.3 Å². The Morgan fingerprint density at radius 3 is 2.80 bits per heavy atom. The Labute approximate surface area is 121 Å². The zero-order valence-electron chi connectivity index (χ0n) is 13.1. The minimum atomic E-state index is -0.399. The molecule has 0 N–H and O–H groups in total. The molecule has 4 atom stereocenters. The van der Waals surface area contributed by atoms with Crippen molar-refractivity contribution in [3.05, 3.63) is 0 Å². The minimum Gasteiger partial charge on any atom is -0.383 e. The first-order valence-electron chi connectivity index (χ1n) is 7.73. The van der Waals surface area contributed by atoms with Gasteiger partial charge in [-0.05, 0) is 25.2 Å². The fourth-order valence-corrected chi connectivity index (χ4v) is 3.77. The molecule has 2 aliphatic rings. The van der Waals surface area contributed by atoms with E-state index in [4.69, 9.17) is 4.74 Å². The normalized spacial score (nSPS) is 38.3. The van der Waals surface area contributed by atoms with E-state index in [1.165, 1.54) is 0 Å². The van der Waals surface area contributed by atoms with Crippen LogP contribution in [0.25, 0.3) is 0 Å². The van der Waals surface area contributed by atoms with E-state index in [0.717, 1.165) is 19.4 Å². The van der Waals surface area contributed by atoms with Gasteiger partial charge in [-0.3, -0.25) is 9.59 Å². The van der Waals surface area contributed by atoms with Crippen molar-refractivity contribution in [3.8, 4) is 0 Å².